The van der Waals surface area contributed by atoms with E-state index < -0.39 is 0 Å². The third-order valence-electron chi connectivity index (χ3n) is 2.96. The van der Waals surface area contributed by atoms with Gasteiger partial charge in [-0.2, -0.15) is 0 Å². The predicted molar refractivity (Wildman–Crippen MR) is 81.5 cm³/mol. The van der Waals surface area contributed by atoms with E-state index in [1.165, 1.54) is 70.8 Å². The van der Waals surface area contributed by atoms with Gasteiger partial charge in [0.1, 0.15) is 0 Å². The fourth-order valence-electron chi connectivity index (χ4n) is 1.92. The third-order valence-corrected chi connectivity index (χ3v) is 2.96. The van der Waals surface area contributed by atoms with E-state index in [4.69, 9.17) is 4.20 Å². The molecule has 0 saturated heterocycles. The molecule has 0 aromatic heterocycles. The summed E-state index contributed by atoms with van der Waals surface area (Å²) in [6, 6.07) is 0. The van der Waals surface area contributed by atoms with Crippen LogP contribution in [0.4, 0.5) is 0 Å². The summed E-state index contributed by atoms with van der Waals surface area (Å²) < 4.78 is 6.81. The molecule has 2 nitrogen and oxygen atoms in total. The standard InChI is InChI=1S/C14H31N.BrHO/c1-4-5-6-7-8-9-10-11-12-13-14-15(2)3;1-2/h4-14H2,1-3H3;2H. The maximum absolute atomic E-state index is 6.81. The molecule has 0 atom stereocenters. The van der Waals surface area contributed by atoms with E-state index in [1.54, 1.807) is 0 Å². The third kappa shape index (κ3) is 22.1. The van der Waals surface area contributed by atoms with Crippen LogP contribution in [0.2, 0.25) is 0 Å². The van der Waals surface area contributed by atoms with Crippen molar-refractivity contribution in [3.05, 3.63) is 0 Å². The molecule has 0 aliphatic rings. The van der Waals surface area contributed by atoms with Gasteiger partial charge in [-0.25, -0.2) is 0 Å². The fourth-order valence-corrected chi connectivity index (χ4v) is 1.92. The van der Waals surface area contributed by atoms with Crippen LogP contribution in [0, 0.1) is 0 Å². The highest BCUT2D eigenvalue weighted by atomic mass is 79.9. The second-order valence-electron chi connectivity index (χ2n) is 4.99. The van der Waals surface area contributed by atoms with Crippen LogP contribution in [0.5, 0.6) is 0 Å². The number of halogens is 1. The molecule has 0 unspecified atom stereocenters. The Balaban J connectivity index is 0. The van der Waals surface area contributed by atoms with E-state index in [1.807, 2.05) is 16.3 Å². The van der Waals surface area contributed by atoms with Crippen LogP contribution >= 0.6 is 16.3 Å². The molecule has 0 aromatic carbocycles. The minimum Gasteiger partial charge on any atom is -0.324 e. The Morgan fingerprint density at radius 3 is 1.41 bits per heavy atom. The molecule has 0 amide bonds. The highest BCUT2D eigenvalue weighted by Gasteiger charge is 1.93. The van der Waals surface area contributed by atoms with Crippen LogP contribution in [0.1, 0.15) is 71.1 Å². The molecule has 0 aliphatic carbocycles. The van der Waals surface area contributed by atoms with E-state index in [-0.39, 0.29) is 0 Å². The summed E-state index contributed by atoms with van der Waals surface area (Å²) in [5, 5.41) is 0. The average molecular weight is 310 g/mol. The van der Waals surface area contributed by atoms with Crippen LogP contribution in [-0.2, 0) is 0 Å². The quantitative estimate of drug-likeness (QED) is 0.556. The van der Waals surface area contributed by atoms with E-state index in [0.717, 1.165) is 0 Å². The zero-order valence-electron chi connectivity index (χ0n) is 12.1. The van der Waals surface area contributed by atoms with Gasteiger partial charge >= 0.3 is 0 Å². The Morgan fingerprint density at radius 1 is 0.706 bits per heavy atom. The lowest BCUT2D eigenvalue weighted by molar-refractivity contribution is 0.389. The number of hydrogen-bond acceptors (Lipinski definition) is 2. The van der Waals surface area contributed by atoms with Crippen molar-refractivity contribution in [2.24, 2.45) is 0 Å². The second-order valence-corrected chi connectivity index (χ2v) is 4.99. The van der Waals surface area contributed by atoms with Crippen molar-refractivity contribution in [1.82, 2.24) is 4.90 Å². The molecule has 0 heterocycles. The molecule has 0 fully saturated rings. The molecule has 1 N–H and O–H groups in total. The lowest BCUT2D eigenvalue weighted by atomic mass is 10.1. The first-order valence-electron chi connectivity index (χ1n) is 7.09. The number of unbranched alkanes of at least 4 members (excludes halogenated alkanes) is 9. The van der Waals surface area contributed by atoms with Crippen LogP contribution in [0.15, 0.2) is 0 Å². The summed E-state index contributed by atoms with van der Waals surface area (Å²) in [7, 11) is 4.32. The van der Waals surface area contributed by atoms with Gasteiger partial charge in [0.15, 0.2) is 0 Å². The minimum absolute atomic E-state index is 1.26. The van der Waals surface area contributed by atoms with Gasteiger partial charge in [-0.05, 0) is 27.1 Å². The zero-order valence-corrected chi connectivity index (χ0v) is 13.6. The summed E-state index contributed by atoms with van der Waals surface area (Å²) >= 11 is 1.94. The summed E-state index contributed by atoms with van der Waals surface area (Å²) in [4.78, 5) is 2.28. The Kier molecular flexibility index (Phi) is 21.8. The maximum atomic E-state index is 6.81. The van der Waals surface area contributed by atoms with Crippen molar-refractivity contribution in [2.45, 2.75) is 71.1 Å². The Morgan fingerprint density at radius 2 is 1.06 bits per heavy atom. The molecular formula is C14H32BrNO. The Bertz CT molecular complexity index is 121. The number of nitrogens with zero attached hydrogens (tertiary/aromatic N) is 1. The monoisotopic (exact) mass is 309 g/mol. The largest absolute Gasteiger partial charge is 0.324 e. The Labute approximate surface area is 117 Å². The molecular weight excluding hydrogens is 278 g/mol. The van der Waals surface area contributed by atoms with Crippen molar-refractivity contribution in [3.8, 4) is 0 Å². The van der Waals surface area contributed by atoms with Gasteiger partial charge in [-0.1, -0.05) is 64.7 Å². The van der Waals surface area contributed by atoms with E-state index in [9.17, 15) is 0 Å². The molecule has 0 aliphatic heterocycles. The van der Waals surface area contributed by atoms with Crippen LogP contribution < -0.4 is 0 Å². The first-order chi connectivity index (χ1) is 8.27. The Hall–Kier alpha value is 0.400. The molecule has 0 saturated carbocycles. The molecule has 0 bridgehead atoms. The minimum atomic E-state index is 1.26. The maximum Gasteiger partial charge on any atom is 0.0957 e. The normalized spacial score (nSPS) is 10.2. The summed E-state index contributed by atoms with van der Waals surface area (Å²) in [5.74, 6) is 0. The van der Waals surface area contributed by atoms with Crippen LogP contribution in [-0.4, -0.2) is 29.7 Å². The highest BCUT2D eigenvalue weighted by molar-refractivity contribution is 9.05. The molecule has 106 valence electrons. The molecule has 0 rings (SSSR count). The SMILES string of the molecule is CCCCCCCCCCCCN(C)C.OBr. The first-order valence-corrected chi connectivity index (χ1v) is 7.80. The summed E-state index contributed by atoms with van der Waals surface area (Å²) in [5.41, 5.74) is 0. The summed E-state index contributed by atoms with van der Waals surface area (Å²) in [6.07, 6.45) is 14.4. The predicted octanol–water partition coefficient (Wildman–Crippen LogP) is 4.76. The van der Waals surface area contributed by atoms with Crippen molar-refractivity contribution in [3.63, 3.8) is 0 Å². The topological polar surface area (TPSA) is 23.5 Å². The van der Waals surface area contributed by atoms with Crippen LogP contribution in [0.3, 0.4) is 0 Å². The molecule has 0 radical (unpaired) electrons. The number of rotatable bonds is 11. The highest BCUT2D eigenvalue weighted by Crippen LogP contribution is 2.10. The van der Waals surface area contributed by atoms with Crippen molar-refractivity contribution in [2.75, 3.05) is 20.6 Å². The van der Waals surface area contributed by atoms with Gasteiger partial charge < -0.3 is 9.10 Å². The van der Waals surface area contributed by atoms with E-state index >= 15 is 0 Å². The van der Waals surface area contributed by atoms with Crippen molar-refractivity contribution < 1.29 is 4.20 Å². The van der Waals surface area contributed by atoms with Crippen LogP contribution in [0.25, 0.3) is 0 Å². The first kappa shape index (κ1) is 19.7. The average Bonchev–Trinajstić information content (AvgIpc) is 2.34. The fraction of sp³-hybridized carbons (Fsp3) is 1.00. The van der Waals surface area contributed by atoms with Gasteiger partial charge in [-0.3, -0.25) is 0 Å². The molecule has 0 spiro atoms. The van der Waals surface area contributed by atoms with Gasteiger partial charge in [-0.15, -0.1) is 0 Å². The molecule has 17 heavy (non-hydrogen) atoms. The van der Waals surface area contributed by atoms with Gasteiger partial charge in [0, 0.05) is 0 Å². The lowest BCUT2D eigenvalue weighted by Gasteiger charge is -2.08. The number of hydrogen-bond donors (Lipinski definition) is 1. The van der Waals surface area contributed by atoms with Crippen molar-refractivity contribution >= 4 is 16.3 Å². The molecule has 3 heteroatoms. The van der Waals surface area contributed by atoms with E-state index in [2.05, 4.69) is 25.9 Å². The van der Waals surface area contributed by atoms with Gasteiger partial charge in [0.25, 0.3) is 0 Å². The van der Waals surface area contributed by atoms with Gasteiger partial charge in [0.05, 0.1) is 16.3 Å². The molecule has 0 aromatic rings. The van der Waals surface area contributed by atoms with E-state index in [0.29, 0.717) is 0 Å². The lowest BCUT2D eigenvalue weighted by Crippen LogP contribution is -2.12. The zero-order chi connectivity index (χ0) is 13.4. The summed E-state index contributed by atoms with van der Waals surface area (Å²) in [6.45, 7) is 3.54. The smallest absolute Gasteiger partial charge is 0.0957 e. The van der Waals surface area contributed by atoms with Crippen molar-refractivity contribution in [1.29, 1.82) is 0 Å². The second kappa shape index (κ2) is 18.8. The van der Waals surface area contributed by atoms with Gasteiger partial charge in [0.2, 0.25) is 0 Å².